The zero-order valence-electron chi connectivity index (χ0n) is 9.21. The van der Waals surface area contributed by atoms with Crippen molar-refractivity contribution in [2.75, 3.05) is 6.61 Å². The Morgan fingerprint density at radius 2 is 2.25 bits per heavy atom. The van der Waals surface area contributed by atoms with Crippen molar-refractivity contribution in [1.82, 2.24) is 0 Å². The second-order valence-electron chi connectivity index (χ2n) is 3.29. The molecule has 0 unspecified atom stereocenters. The molecule has 0 aliphatic rings. The number of esters is 1. The molecule has 3 nitrogen and oxygen atoms in total. The van der Waals surface area contributed by atoms with Crippen LogP contribution in [0.15, 0.2) is 12.1 Å². The predicted molar refractivity (Wildman–Crippen MR) is 61.4 cm³/mol. The molecule has 16 heavy (non-hydrogen) atoms. The van der Waals surface area contributed by atoms with Gasteiger partial charge in [-0.2, -0.15) is 5.26 Å². The first kappa shape index (κ1) is 12.5. The Labute approximate surface area is 99.6 Å². The molecule has 0 radical (unpaired) electrons. The molecule has 4 heteroatoms. The van der Waals surface area contributed by atoms with Gasteiger partial charge in [-0.3, -0.25) is 0 Å². The van der Waals surface area contributed by atoms with E-state index >= 15 is 0 Å². The van der Waals surface area contributed by atoms with Crippen molar-refractivity contribution < 1.29 is 9.53 Å². The topological polar surface area (TPSA) is 50.1 Å². The van der Waals surface area contributed by atoms with E-state index in [2.05, 4.69) is 0 Å². The van der Waals surface area contributed by atoms with Crippen LogP contribution in [0.25, 0.3) is 0 Å². The first-order valence-corrected chi connectivity index (χ1v) is 5.44. The number of carbonyl (C=O) groups excluding carboxylic acids is 1. The minimum Gasteiger partial charge on any atom is -0.462 e. The highest BCUT2D eigenvalue weighted by Gasteiger charge is 2.13. The first-order valence-electron chi connectivity index (χ1n) is 4.90. The molecule has 0 spiro atoms. The van der Waals surface area contributed by atoms with E-state index in [4.69, 9.17) is 21.6 Å². The van der Waals surface area contributed by atoms with E-state index in [9.17, 15) is 4.79 Å². The van der Waals surface area contributed by atoms with Gasteiger partial charge >= 0.3 is 5.97 Å². The number of rotatable bonds is 3. The van der Waals surface area contributed by atoms with Gasteiger partial charge in [0.25, 0.3) is 0 Å². The molecule has 1 aromatic rings. The van der Waals surface area contributed by atoms with E-state index in [1.807, 2.05) is 6.07 Å². The highest BCUT2D eigenvalue weighted by molar-refractivity contribution is 6.17. The van der Waals surface area contributed by atoms with Gasteiger partial charge in [0.1, 0.15) is 0 Å². The molecule has 0 bridgehead atoms. The van der Waals surface area contributed by atoms with Crippen molar-refractivity contribution in [2.24, 2.45) is 0 Å². The highest BCUT2D eigenvalue weighted by atomic mass is 35.5. The van der Waals surface area contributed by atoms with Gasteiger partial charge in [-0.25, -0.2) is 4.79 Å². The van der Waals surface area contributed by atoms with Gasteiger partial charge in [0.05, 0.1) is 23.8 Å². The molecule has 84 valence electrons. The predicted octanol–water partition coefficient (Wildman–Crippen LogP) is 2.78. The van der Waals surface area contributed by atoms with Gasteiger partial charge in [0.15, 0.2) is 0 Å². The summed E-state index contributed by atoms with van der Waals surface area (Å²) in [5, 5.41) is 8.92. The molecule has 0 N–H and O–H groups in total. The standard InChI is InChI=1S/C12H12ClNO2/c1-3-16-12(15)11-5-10(7-14)9(6-13)4-8(11)2/h4-5H,3,6H2,1-2H3. The van der Waals surface area contributed by atoms with Crippen molar-refractivity contribution in [1.29, 1.82) is 5.26 Å². The molecule has 0 saturated heterocycles. The maximum absolute atomic E-state index is 11.6. The molecule has 1 rings (SSSR count). The monoisotopic (exact) mass is 237 g/mol. The maximum Gasteiger partial charge on any atom is 0.338 e. The fraction of sp³-hybridized carbons (Fsp3) is 0.333. The Hall–Kier alpha value is -1.53. The summed E-state index contributed by atoms with van der Waals surface area (Å²) in [5.41, 5.74) is 2.35. The van der Waals surface area contributed by atoms with Crippen LogP contribution in [0.4, 0.5) is 0 Å². The maximum atomic E-state index is 11.6. The molecule has 0 aromatic heterocycles. The molecule has 1 aromatic carbocycles. The molecule has 0 atom stereocenters. The van der Waals surface area contributed by atoms with Crippen LogP contribution in [0.2, 0.25) is 0 Å². The van der Waals surface area contributed by atoms with Crippen LogP contribution < -0.4 is 0 Å². The summed E-state index contributed by atoms with van der Waals surface area (Å²) in [6.07, 6.45) is 0. The average molecular weight is 238 g/mol. The number of hydrogen-bond donors (Lipinski definition) is 0. The van der Waals surface area contributed by atoms with Crippen LogP contribution in [0.3, 0.4) is 0 Å². The third kappa shape index (κ3) is 2.53. The van der Waals surface area contributed by atoms with Crippen molar-refractivity contribution >= 4 is 17.6 Å². The summed E-state index contributed by atoms with van der Waals surface area (Å²) < 4.78 is 4.90. The van der Waals surface area contributed by atoms with E-state index in [1.165, 1.54) is 6.07 Å². The Balaban J connectivity index is 3.22. The van der Waals surface area contributed by atoms with Crippen LogP contribution in [-0.2, 0) is 10.6 Å². The Morgan fingerprint density at radius 3 is 2.75 bits per heavy atom. The van der Waals surface area contributed by atoms with Gasteiger partial charge in [-0.1, -0.05) is 6.07 Å². The third-order valence-corrected chi connectivity index (χ3v) is 2.50. The van der Waals surface area contributed by atoms with Crippen LogP contribution in [-0.4, -0.2) is 12.6 Å². The average Bonchev–Trinajstić information content (AvgIpc) is 2.28. The van der Waals surface area contributed by atoms with Crippen LogP contribution >= 0.6 is 11.6 Å². The second-order valence-corrected chi connectivity index (χ2v) is 3.56. The molecular weight excluding hydrogens is 226 g/mol. The zero-order valence-corrected chi connectivity index (χ0v) is 9.97. The minimum atomic E-state index is -0.405. The smallest absolute Gasteiger partial charge is 0.338 e. The van der Waals surface area contributed by atoms with Gasteiger partial charge < -0.3 is 4.74 Å². The number of carbonyl (C=O) groups is 1. The minimum absolute atomic E-state index is 0.257. The van der Waals surface area contributed by atoms with E-state index in [0.717, 1.165) is 11.1 Å². The van der Waals surface area contributed by atoms with E-state index in [-0.39, 0.29) is 5.88 Å². The summed E-state index contributed by atoms with van der Waals surface area (Å²) >= 11 is 5.71. The zero-order chi connectivity index (χ0) is 12.1. The first-order chi connectivity index (χ1) is 7.63. The number of alkyl halides is 1. The van der Waals surface area contributed by atoms with E-state index in [1.54, 1.807) is 19.9 Å². The largest absolute Gasteiger partial charge is 0.462 e. The summed E-state index contributed by atoms with van der Waals surface area (Å²) in [4.78, 5) is 11.6. The Kier molecular flexibility index (Phi) is 4.33. The Bertz CT molecular complexity index is 449. The van der Waals surface area contributed by atoms with Gasteiger partial charge in [-0.15, -0.1) is 11.6 Å². The molecule has 0 fully saturated rings. The number of hydrogen-bond acceptors (Lipinski definition) is 3. The third-order valence-electron chi connectivity index (χ3n) is 2.21. The lowest BCUT2D eigenvalue weighted by Crippen LogP contribution is -2.08. The van der Waals surface area contributed by atoms with Gasteiger partial charge in [0.2, 0.25) is 0 Å². The fourth-order valence-electron chi connectivity index (χ4n) is 1.41. The molecule has 0 aliphatic heterocycles. The van der Waals surface area contributed by atoms with Crippen molar-refractivity contribution in [2.45, 2.75) is 19.7 Å². The van der Waals surface area contributed by atoms with E-state index < -0.39 is 5.97 Å². The lowest BCUT2D eigenvalue weighted by Gasteiger charge is -2.08. The van der Waals surface area contributed by atoms with E-state index in [0.29, 0.717) is 17.7 Å². The number of nitrogens with zero attached hydrogens (tertiary/aromatic N) is 1. The van der Waals surface area contributed by atoms with Gasteiger partial charge in [-0.05, 0) is 31.0 Å². The lowest BCUT2D eigenvalue weighted by atomic mass is 10.0. The fourth-order valence-corrected chi connectivity index (χ4v) is 1.63. The molecule has 0 heterocycles. The summed E-state index contributed by atoms with van der Waals surface area (Å²) in [6.45, 7) is 3.85. The molecule has 0 amide bonds. The SMILES string of the molecule is CCOC(=O)c1cc(C#N)c(CCl)cc1C. The Morgan fingerprint density at radius 1 is 1.56 bits per heavy atom. The van der Waals surface area contributed by atoms with Crippen LogP contribution in [0.5, 0.6) is 0 Å². The highest BCUT2D eigenvalue weighted by Crippen LogP contribution is 2.18. The lowest BCUT2D eigenvalue weighted by molar-refractivity contribution is 0.0525. The second kappa shape index (κ2) is 5.53. The van der Waals surface area contributed by atoms with Crippen molar-refractivity contribution in [3.8, 4) is 6.07 Å². The normalized spacial score (nSPS) is 9.62. The summed E-state index contributed by atoms with van der Waals surface area (Å²) in [6, 6.07) is 5.30. The van der Waals surface area contributed by atoms with Crippen LogP contribution in [0, 0.1) is 18.3 Å². The van der Waals surface area contributed by atoms with Crippen molar-refractivity contribution in [3.63, 3.8) is 0 Å². The number of nitriles is 1. The number of ether oxygens (including phenoxy) is 1. The van der Waals surface area contributed by atoms with Crippen LogP contribution in [0.1, 0.15) is 34.0 Å². The molecule has 0 saturated carbocycles. The van der Waals surface area contributed by atoms with Gasteiger partial charge in [0, 0.05) is 5.88 Å². The number of halogens is 1. The quantitative estimate of drug-likeness (QED) is 0.600. The summed E-state index contributed by atoms with van der Waals surface area (Å²) in [5.74, 6) is -0.148. The molecular formula is C12H12ClNO2. The number of benzene rings is 1. The summed E-state index contributed by atoms with van der Waals surface area (Å²) in [7, 11) is 0. The molecule has 0 aliphatic carbocycles. The number of aryl methyl sites for hydroxylation is 1. The van der Waals surface area contributed by atoms with Crippen molar-refractivity contribution in [3.05, 3.63) is 34.4 Å².